The van der Waals surface area contributed by atoms with Crippen LogP contribution in [0.15, 0.2) is 12.7 Å². The summed E-state index contributed by atoms with van der Waals surface area (Å²) in [7, 11) is 1.18. The van der Waals surface area contributed by atoms with Gasteiger partial charge in [0.1, 0.15) is 19.8 Å². The van der Waals surface area contributed by atoms with E-state index in [-0.39, 0.29) is 32.0 Å². The number of quaternary nitrogens is 1. The van der Waals surface area contributed by atoms with Gasteiger partial charge in [-0.2, -0.15) is 0 Å². The Hall–Kier alpha value is -1.25. The molecule has 0 aromatic heterocycles. The number of hydrogen-bond donors (Lipinski definition) is 0. The number of nitrogens with zero attached hydrogens (tertiary/aromatic N) is 1. The molecule has 0 saturated heterocycles. The van der Waals surface area contributed by atoms with E-state index in [1.54, 1.807) is 0 Å². The summed E-state index contributed by atoms with van der Waals surface area (Å²) in [6, 6.07) is 0. The van der Waals surface area contributed by atoms with Gasteiger partial charge in [0.05, 0.1) is 27.7 Å². The number of hydrogen-bond acceptors (Lipinski definition) is 8. The van der Waals surface area contributed by atoms with Crippen LogP contribution in [0.25, 0.3) is 0 Å². The summed E-state index contributed by atoms with van der Waals surface area (Å²) < 4.78 is 34.0. The average molecular weight is 816 g/mol. The first-order chi connectivity index (χ1) is 27.0. The summed E-state index contributed by atoms with van der Waals surface area (Å²) >= 11 is 0. The largest absolute Gasteiger partial charge is 0.756 e. The zero-order chi connectivity index (χ0) is 41.4. The summed E-state index contributed by atoms with van der Waals surface area (Å²) in [5, 5.41) is 0. The number of phosphoric acid groups is 1. The highest BCUT2D eigenvalue weighted by molar-refractivity contribution is 7.45. The summed E-state index contributed by atoms with van der Waals surface area (Å²) in [5.41, 5.74) is 0. The standard InChI is InChI=1S/C46H90NO8P/c1-6-8-10-12-14-16-18-20-22-23-25-27-29-31-33-35-37-39-46(49)55-44(43-54-56(50,51)53-41-40-47(3,4)5)42-52-45(48)38-36-34-32-30-28-26-24-21-19-17-15-13-11-9-7-2/h7,44H,2,6,8-43H2,1,3-5H3/t44-/m1/s1. The molecule has 0 rings (SSSR count). The molecule has 0 aliphatic heterocycles. The van der Waals surface area contributed by atoms with Crippen LogP contribution in [0.3, 0.4) is 0 Å². The lowest BCUT2D eigenvalue weighted by atomic mass is 10.0. The molecule has 0 aliphatic rings. The molecule has 0 aromatic carbocycles. The number of rotatable bonds is 44. The van der Waals surface area contributed by atoms with Crippen molar-refractivity contribution in [3.05, 3.63) is 12.7 Å². The fourth-order valence-electron chi connectivity index (χ4n) is 6.75. The number of allylic oxidation sites excluding steroid dienone is 1. The molecule has 0 fully saturated rings. The Morgan fingerprint density at radius 1 is 0.571 bits per heavy atom. The molecule has 0 amide bonds. The highest BCUT2D eigenvalue weighted by atomic mass is 31.2. The number of likely N-dealkylation sites (N-methyl/N-ethyl adjacent to an activating group) is 1. The highest BCUT2D eigenvalue weighted by Crippen LogP contribution is 2.38. The molecule has 0 radical (unpaired) electrons. The van der Waals surface area contributed by atoms with Gasteiger partial charge in [-0.3, -0.25) is 14.2 Å². The van der Waals surface area contributed by atoms with Gasteiger partial charge in [-0.25, -0.2) is 0 Å². The van der Waals surface area contributed by atoms with E-state index in [1.165, 1.54) is 154 Å². The molecule has 1 unspecified atom stereocenters. The number of esters is 2. The summed E-state index contributed by atoms with van der Waals surface area (Å²) in [5.74, 6) is -0.824. The van der Waals surface area contributed by atoms with Crippen LogP contribution in [0.1, 0.15) is 219 Å². The second-order valence-electron chi connectivity index (χ2n) is 17.2. The highest BCUT2D eigenvalue weighted by Gasteiger charge is 2.21. The van der Waals surface area contributed by atoms with Gasteiger partial charge in [-0.05, 0) is 25.7 Å². The molecule has 0 aliphatic carbocycles. The molecular formula is C46H90NO8P. The van der Waals surface area contributed by atoms with Crippen molar-refractivity contribution in [3.8, 4) is 0 Å². The molecular weight excluding hydrogens is 725 g/mol. The molecule has 0 saturated carbocycles. The molecule has 9 nitrogen and oxygen atoms in total. The van der Waals surface area contributed by atoms with E-state index in [9.17, 15) is 19.0 Å². The predicted octanol–water partition coefficient (Wildman–Crippen LogP) is 12.7. The zero-order valence-electron chi connectivity index (χ0n) is 37.2. The third kappa shape index (κ3) is 42.4. The monoisotopic (exact) mass is 816 g/mol. The molecule has 10 heteroatoms. The van der Waals surface area contributed by atoms with E-state index in [0.29, 0.717) is 17.4 Å². The minimum absolute atomic E-state index is 0.0278. The Kier molecular flexibility index (Phi) is 38.3. The van der Waals surface area contributed by atoms with Gasteiger partial charge in [0.25, 0.3) is 7.82 Å². The topological polar surface area (TPSA) is 111 Å². The minimum Gasteiger partial charge on any atom is -0.756 e. The average Bonchev–Trinajstić information content (AvgIpc) is 3.15. The lowest BCUT2D eigenvalue weighted by molar-refractivity contribution is -0.870. The number of carbonyl (C=O) groups excluding carboxylic acids is 2. The zero-order valence-corrected chi connectivity index (χ0v) is 38.1. The van der Waals surface area contributed by atoms with Gasteiger partial charge in [0.15, 0.2) is 6.10 Å². The first kappa shape index (κ1) is 54.8. The molecule has 0 N–H and O–H groups in total. The van der Waals surface area contributed by atoms with Crippen molar-refractivity contribution in [3.63, 3.8) is 0 Å². The first-order valence-electron chi connectivity index (χ1n) is 23.4. The van der Waals surface area contributed by atoms with E-state index >= 15 is 0 Å². The van der Waals surface area contributed by atoms with Gasteiger partial charge in [-0.15, -0.1) is 6.58 Å². The second-order valence-corrected chi connectivity index (χ2v) is 18.6. The normalized spacial score (nSPS) is 13.4. The summed E-state index contributed by atoms with van der Waals surface area (Å²) in [6.07, 6.45) is 39.8. The van der Waals surface area contributed by atoms with Crippen molar-refractivity contribution < 1.29 is 42.1 Å². The second kappa shape index (κ2) is 39.2. The van der Waals surface area contributed by atoms with Gasteiger partial charge >= 0.3 is 11.9 Å². The molecule has 0 spiro atoms. The van der Waals surface area contributed by atoms with Crippen LogP contribution >= 0.6 is 7.82 Å². The van der Waals surface area contributed by atoms with Gasteiger partial charge < -0.3 is 27.9 Å². The first-order valence-corrected chi connectivity index (χ1v) is 24.8. The van der Waals surface area contributed by atoms with Crippen LogP contribution in [0.4, 0.5) is 0 Å². The third-order valence-corrected chi connectivity index (χ3v) is 11.4. The fraction of sp³-hybridized carbons (Fsp3) is 0.913. The van der Waals surface area contributed by atoms with E-state index in [4.69, 9.17) is 18.5 Å². The third-order valence-electron chi connectivity index (χ3n) is 10.4. The van der Waals surface area contributed by atoms with Crippen LogP contribution in [0.2, 0.25) is 0 Å². The maximum Gasteiger partial charge on any atom is 0.306 e. The Balaban J connectivity index is 4.27. The van der Waals surface area contributed by atoms with E-state index in [2.05, 4.69) is 13.5 Å². The van der Waals surface area contributed by atoms with Crippen LogP contribution < -0.4 is 4.89 Å². The van der Waals surface area contributed by atoms with E-state index in [0.717, 1.165) is 38.5 Å². The molecule has 2 atom stereocenters. The molecule has 0 heterocycles. The lowest BCUT2D eigenvalue weighted by Crippen LogP contribution is -2.37. The van der Waals surface area contributed by atoms with Crippen molar-refractivity contribution in [2.45, 2.75) is 225 Å². The molecule has 0 aromatic rings. The van der Waals surface area contributed by atoms with Gasteiger partial charge in [0.2, 0.25) is 0 Å². The van der Waals surface area contributed by atoms with Crippen molar-refractivity contribution in [2.75, 3.05) is 47.5 Å². The molecule has 56 heavy (non-hydrogen) atoms. The van der Waals surface area contributed by atoms with Crippen molar-refractivity contribution >= 4 is 19.8 Å². The lowest BCUT2D eigenvalue weighted by Gasteiger charge is -2.28. The maximum absolute atomic E-state index is 12.7. The Morgan fingerprint density at radius 2 is 0.946 bits per heavy atom. The Morgan fingerprint density at radius 3 is 1.34 bits per heavy atom. The van der Waals surface area contributed by atoms with E-state index < -0.39 is 26.5 Å². The number of carbonyl (C=O) groups is 2. The number of unbranched alkanes of at least 4 members (excludes halogenated alkanes) is 29. The smallest absolute Gasteiger partial charge is 0.306 e. The number of ether oxygens (including phenoxy) is 2. The Bertz CT molecular complexity index is 956. The minimum atomic E-state index is -4.62. The van der Waals surface area contributed by atoms with Crippen molar-refractivity contribution in [1.29, 1.82) is 0 Å². The van der Waals surface area contributed by atoms with Gasteiger partial charge in [0, 0.05) is 12.8 Å². The summed E-state index contributed by atoms with van der Waals surface area (Å²) in [6.45, 7) is 5.78. The van der Waals surface area contributed by atoms with E-state index in [1.807, 2.05) is 27.2 Å². The fourth-order valence-corrected chi connectivity index (χ4v) is 7.48. The van der Waals surface area contributed by atoms with Crippen LogP contribution in [-0.4, -0.2) is 70.0 Å². The van der Waals surface area contributed by atoms with Crippen molar-refractivity contribution in [2.24, 2.45) is 0 Å². The van der Waals surface area contributed by atoms with Gasteiger partial charge in [-0.1, -0.05) is 186 Å². The number of phosphoric ester groups is 1. The van der Waals surface area contributed by atoms with Crippen LogP contribution in [-0.2, 0) is 32.7 Å². The SMILES string of the molecule is C=CCCCCCCCCCCCCCCCC(=O)OC[C@H](COP(=O)([O-])OCC[N+](C)(C)C)OC(=O)CCCCCCCCCCCCCCCCCCC. The summed E-state index contributed by atoms with van der Waals surface area (Å²) in [4.78, 5) is 37.6. The molecule has 0 bridgehead atoms. The molecule has 332 valence electrons. The van der Waals surface area contributed by atoms with Crippen LogP contribution in [0, 0.1) is 0 Å². The van der Waals surface area contributed by atoms with Crippen LogP contribution in [0.5, 0.6) is 0 Å². The maximum atomic E-state index is 12.7. The Labute approximate surface area is 346 Å². The quantitative estimate of drug-likeness (QED) is 0.0196. The van der Waals surface area contributed by atoms with Crippen molar-refractivity contribution in [1.82, 2.24) is 0 Å². The predicted molar refractivity (Wildman–Crippen MR) is 231 cm³/mol.